The lowest BCUT2D eigenvalue weighted by Gasteiger charge is -2.15. The van der Waals surface area contributed by atoms with E-state index in [-0.39, 0.29) is 24.1 Å². The summed E-state index contributed by atoms with van der Waals surface area (Å²) in [5.41, 5.74) is 0. The number of amides is 1. The zero-order valence-electron chi connectivity index (χ0n) is 8.41. The molecule has 1 aliphatic heterocycles. The Morgan fingerprint density at radius 2 is 1.93 bits per heavy atom. The summed E-state index contributed by atoms with van der Waals surface area (Å²) in [6, 6.07) is 0. The van der Waals surface area contributed by atoms with E-state index in [0.717, 1.165) is 12.8 Å². The molecule has 88 valence electrons. The average molecular weight is 255 g/mol. The van der Waals surface area contributed by atoms with Crippen molar-refractivity contribution in [1.82, 2.24) is 9.62 Å². The van der Waals surface area contributed by atoms with Crippen molar-refractivity contribution in [2.75, 3.05) is 31.3 Å². The van der Waals surface area contributed by atoms with Gasteiger partial charge in [-0.2, -0.15) is 0 Å². The van der Waals surface area contributed by atoms with Gasteiger partial charge in [0.15, 0.2) is 0 Å². The van der Waals surface area contributed by atoms with E-state index in [0.29, 0.717) is 13.1 Å². The van der Waals surface area contributed by atoms with Crippen molar-refractivity contribution >= 4 is 27.5 Å². The van der Waals surface area contributed by atoms with Crippen LogP contribution in [-0.2, 0) is 14.8 Å². The third-order valence-corrected chi connectivity index (χ3v) is 4.38. The fourth-order valence-corrected chi connectivity index (χ4v) is 2.99. The van der Waals surface area contributed by atoms with E-state index in [1.165, 1.54) is 4.31 Å². The van der Waals surface area contributed by atoms with Crippen molar-refractivity contribution in [2.24, 2.45) is 0 Å². The van der Waals surface area contributed by atoms with E-state index in [1.54, 1.807) is 0 Å². The Bertz CT molecular complexity index is 312. The van der Waals surface area contributed by atoms with Gasteiger partial charge < -0.3 is 5.32 Å². The van der Waals surface area contributed by atoms with E-state index in [1.807, 2.05) is 0 Å². The fourth-order valence-electron chi connectivity index (χ4n) is 1.46. The van der Waals surface area contributed by atoms with Gasteiger partial charge in [0.25, 0.3) is 0 Å². The zero-order valence-corrected chi connectivity index (χ0v) is 9.98. The number of nitrogens with zero attached hydrogens (tertiary/aromatic N) is 1. The molecule has 0 radical (unpaired) electrons. The number of alkyl halides is 1. The lowest BCUT2D eigenvalue weighted by molar-refractivity contribution is -0.118. The zero-order chi connectivity index (χ0) is 11.3. The molecule has 0 atom stereocenters. The van der Waals surface area contributed by atoms with Crippen LogP contribution in [0.25, 0.3) is 0 Å². The highest BCUT2D eigenvalue weighted by Crippen LogP contribution is 2.12. The summed E-state index contributed by atoms with van der Waals surface area (Å²) in [6.45, 7) is 1.34. The van der Waals surface area contributed by atoms with Gasteiger partial charge in [0.05, 0.1) is 5.75 Å². The summed E-state index contributed by atoms with van der Waals surface area (Å²) >= 11 is 5.26. The number of carbonyl (C=O) groups excluding carboxylic acids is 1. The van der Waals surface area contributed by atoms with Crippen molar-refractivity contribution in [3.05, 3.63) is 0 Å². The Hall–Kier alpha value is -0.330. The molecule has 0 spiro atoms. The molecular weight excluding hydrogens is 240 g/mol. The minimum Gasteiger partial charge on any atom is -0.354 e. The predicted octanol–water partition coefficient (Wildman–Crippen LogP) is -0.233. The molecule has 1 fully saturated rings. The molecule has 1 saturated heterocycles. The van der Waals surface area contributed by atoms with Crippen molar-refractivity contribution in [3.8, 4) is 0 Å². The predicted molar refractivity (Wildman–Crippen MR) is 58.3 cm³/mol. The number of sulfonamides is 1. The molecule has 1 heterocycles. The van der Waals surface area contributed by atoms with Crippen molar-refractivity contribution in [2.45, 2.75) is 12.8 Å². The molecule has 1 aliphatic rings. The minimum absolute atomic E-state index is 0.0460. The van der Waals surface area contributed by atoms with E-state index in [4.69, 9.17) is 11.6 Å². The smallest absolute Gasteiger partial charge is 0.234 e. The molecular formula is C8H15ClN2O3S. The molecule has 0 unspecified atom stereocenters. The first-order valence-electron chi connectivity index (χ1n) is 4.87. The second-order valence-electron chi connectivity index (χ2n) is 3.41. The summed E-state index contributed by atoms with van der Waals surface area (Å²) in [4.78, 5) is 10.8. The Labute approximate surface area is 94.8 Å². The van der Waals surface area contributed by atoms with Crippen LogP contribution in [-0.4, -0.2) is 49.9 Å². The van der Waals surface area contributed by atoms with Crippen LogP contribution in [0, 0.1) is 0 Å². The highest BCUT2D eigenvalue weighted by molar-refractivity contribution is 7.89. The van der Waals surface area contributed by atoms with Gasteiger partial charge in [0.1, 0.15) is 5.88 Å². The SMILES string of the molecule is O=C(CCl)NCCS(=O)(=O)N1CCCC1. The number of hydrogen-bond donors (Lipinski definition) is 1. The third kappa shape index (κ3) is 3.96. The molecule has 7 heteroatoms. The molecule has 0 aliphatic carbocycles. The first kappa shape index (κ1) is 12.7. The summed E-state index contributed by atoms with van der Waals surface area (Å²) in [6.07, 6.45) is 1.85. The van der Waals surface area contributed by atoms with Gasteiger partial charge in [0.2, 0.25) is 15.9 Å². The molecule has 0 aromatic rings. The summed E-state index contributed by atoms with van der Waals surface area (Å²) < 4.78 is 24.8. The number of carbonyl (C=O) groups is 1. The second kappa shape index (κ2) is 5.67. The maximum atomic E-state index is 11.6. The van der Waals surface area contributed by atoms with Crippen LogP contribution in [0.3, 0.4) is 0 Å². The van der Waals surface area contributed by atoms with Crippen molar-refractivity contribution in [1.29, 1.82) is 0 Å². The molecule has 15 heavy (non-hydrogen) atoms. The molecule has 1 N–H and O–H groups in total. The molecule has 1 rings (SSSR count). The Balaban J connectivity index is 2.33. The summed E-state index contributed by atoms with van der Waals surface area (Å²) in [5, 5.41) is 2.44. The third-order valence-electron chi connectivity index (χ3n) is 2.26. The van der Waals surface area contributed by atoms with Crippen LogP contribution in [0.5, 0.6) is 0 Å². The number of halogens is 1. The Morgan fingerprint density at radius 3 is 2.47 bits per heavy atom. The monoisotopic (exact) mass is 254 g/mol. The van der Waals surface area contributed by atoms with Gasteiger partial charge in [-0.1, -0.05) is 0 Å². The van der Waals surface area contributed by atoms with Crippen LogP contribution in [0.2, 0.25) is 0 Å². The average Bonchev–Trinajstić information content (AvgIpc) is 2.70. The van der Waals surface area contributed by atoms with Gasteiger partial charge in [-0.15, -0.1) is 11.6 Å². The van der Waals surface area contributed by atoms with Gasteiger partial charge in [-0.25, -0.2) is 12.7 Å². The molecule has 0 aromatic heterocycles. The Morgan fingerprint density at radius 1 is 1.33 bits per heavy atom. The molecule has 5 nitrogen and oxygen atoms in total. The first-order valence-corrected chi connectivity index (χ1v) is 7.01. The van der Waals surface area contributed by atoms with Gasteiger partial charge in [-0.3, -0.25) is 4.79 Å². The molecule has 1 amide bonds. The second-order valence-corrected chi connectivity index (χ2v) is 5.76. The number of nitrogens with one attached hydrogen (secondary N) is 1. The van der Waals surface area contributed by atoms with E-state index >= 15 is 0 Å². The lowest BCUT2D eigenvalue weighted by Crippen LogP contribution is -2.36. The largest absolute Gasteiger partial charge is 0.354 e. The minimum atomic E-state index is -3.19. The van der Waals surface area contributed by atoms with Gasteiger partial charge >= 0.3 is 0 Å². The normalized spacial score (nSPS) is 17.9. The number of hydrogen-bond acceptors (Lipinski definition) is 3. The summed E-state index contributed by atoms with van der Waals surface area (Å²) in [5.74, 6) is -0.521. The first-order chi connectivity index (χ1) is 7.06. The molecule has 0 bridgehead atoms. The van der Waals surface area contributed by atoms with Gasteiger partial charge in [0, 0.05) is 19.6 Å². The van der Waals surface area contributed by atoms with E-state index < -0.39 is 10.0 Å². The van der Waals surface area contributed by atoms with Crippen molar-refractivity contribution < 1.29 is 13.2 Å². The van der Waals surface area contributed by atoms with Crippen LogP contribution in [0.1, 0.15) is 12.8 Å². The highest BCUT2D eigenvalue weighted by atomic mass is 35.5. The maximum absolute atomic E-state index is 11.6. The topological polar surface area (TPSA) is 66.5 Å². The van der Waals surface area contributed by atoms with Crippen LogP contribution >= 0.6 is 11.6 Å². The quantitative estimate of drug-likeness (QED) is 0.689. The van der Waals surface area contributed by atoms with Crippen LogP contribution < -0.4 is 5.32 Å². The molecule has 0 saturated carbocycles. The standard InChI is InChI=1S/C8H15ClN2O3S/c9-7-8(12)10-3-6-15(13,14)11-4-1-2-5-11/h1-7H2,(H,10,12). The van der Waals surface area contributed by atoms with Crippen LogP contribution in [0.15, 0.2) is 0 Å². The van der Waals surface area contributed by atoms with E-state index in [9.17, 15) is 13.2 Å². The Kier molecular flexibility index (Phi) is 4.82. The maximum Gasteiger partial charge on any atom is 0.234 e. The van der Waals surface area contributed by atoms with Gasteiger partial charge in [-0.05, 0) is 12.8 Å². The number of rotatable bonds is 5. The fraction of sp³-hybridized carbons (Fsp3) is 0.875. The van der Waals surface area contributed by atoms with Crippen LogP contribution in [0.4, 0.5) is 0 Å². The van der Waals surface area contributed by atoms with Crippen molar-refractivity contribution in [3.63, 3.8) is 0 Å². The molecule has 0 aromatic carbocycles. The highest BCUT2D eigenvalue weighted by Gasteiger charge is 2.24. The van der Waals surface area contributed by atoms with E-state index in [2.05, 4.69) is 5.32 Å². The lowest BCUT2D eigenvalue weighted by atomic mass is 10.4. The summed E-state index contributed by atoms with van der Waals surface area (Å²) in [7, 11) is -3.19.